The van der Waals surface area contributed by atoms with E-state index >= 15 is 0 Å². The highest BCUT2D eigenvalue weighted by atomic mass is 16.3. The molecule has 0 spiro atoms. The first-order valence-electron chi connectivity index (χ1n) is 7.59. The lowest BCUT2D eigenvalue weighted by atomic mass is 10.00. The van der Waals surface area contributed by atoms with Gasteiger partial charge in [0, 0.05) is 0 Å². The van der Waals surface area contributed by atoms with Crippen LogP contribution in [0.2, 0.25) is 0 Å². The number of amides is 2. The molecule has 2 rings (SSSR count). The molecule has 1 aromatic carbocycles. The van der Waals surface area contributed by atoms with Crippen LogP contribution in [0, 0.1) is 13.8 Å². The van der Waals surface area contributed by atoms with Gasteiger partial charge in [0.2, 0.25) is 5.91 Å². The summed E-state index contributed by atoms with van der Waals surface area (Å²) in [5.41, 5.74) is 3.74. The Morgan fingerprint density at radius 1 is 1.09 bits per heavy atom. The van der Waals surface area contributed by atoms with Crippen molar-refractivity contribution >= 4 is 11.8 Å². The number of furan rings is 1. The van der Waals surface area contributed by atoms with Crippen LogP contribution in [0.3, 0.4) is 0 Å². The quantitative estimate of drug-likeness (QED) is 0.891. The average Bonchev–Trinajstić information content (AvgIpc) is 3.03. The van der Waals surface area contributed by atoms with E-state index in [9.17, 15) is 9.59 Å². The van der Waals surface area contributed by atoms with Crippen LogP contribution in [0.1, 0.15) is 46.9 Å². The number of rotatable bonds is 5. The van der Waals surface area contributed by atoms with Gasteiger partial charge in [-0.3, -0.25) is 9.59 Å². The van der Waals surface area contributed by atoms with Crippen molar-refractivity contribution in [3.8, 4) is 0 Å². The van der Waals surface area contributed by atoms with E-state index in [4.69, 9.17) is 4.42 Å². The smallest absolute Gasteiger partial charge is 0.255 e. The van der Waals surface area contributed by atoms with Gasteiger partial charge in [0.25, 0.3) is 5.91 Å². The van der Waals surface area contributed by atoms with Gasteiger partial charge in [0.1, 0.15) is 12.3 Å². The second-order valence-electron chi connectivity index (χ2n) is 5.80. The van der Waals surface area contributed by atoms with Crippen LogP contribution in [0.15, 0.2) is 41.2 Å². The molecule has 0 saturated heterocycles. The Labute approximate surface area is 136 Å². The molecule has 122 valence electrons. The van der Waals surface area contributed by atoms with Gasteiger partial charge in [-0.1, -0.05) is 23.8 Å². The SMILES string of the molecule is Cc1ccc(C)c([C@H](C)NC(=O)[C@@H](C)NC(=O)c2ccoc2)c1. The molecule has 0 saturated carbocycles. The van der Waals surface area contributed by atoms with Gasteiger partial charge in [0.05, 0.1) is 17.9 Å². The van der Waals surface area contributed by atoms with E-state index in [2.05, 4.69) is 16.7 Å². The van der Waals surface area contributed by atoms with Crippen LogP contribution in [0.5, 0.6) is 0 Å². The number of carbonyl (C=O) groups is 2. The first-order chi connectivity index (χ1) is 10.9. The topological polar surface area (TPSA) is 71.3 Å². The Morgan fingerprint density at radius 3 is 2.48 bits per heavy atom. The second kappa shape index (κ2) is 7.13. The van der Waals surface area contributed by atoms with Crippen molar-refractivity contribution < 1.29 is 14.0 Å². The number of benzene rings is 1. The Morgan fingerprint density at radius 2 is 1.83 bits per heavy atom. The molecular formula is C18H22N2O3. The second-order valence-corrected chi connectivity index (χ2v) is 5.80. The zero-order valence-electron chi connectivity index (χ0n) is 13.8. The maximum absolute atomic E-state index is 12.3. The third-order valence-corrected chi connectivity index (χ3v) is 3.78. The summed E-state index contributed by atoms with van der Waals surface area (Å²) in [5.74, 6) is -0.559. The third-order valence-electron chi connectivity index (χ3n) is 3.78. The summed E-state index contributed by atoms with van der Waals surface area (Å²) >= 11 is 0. The Hall–Kier alpha value is -2.56. The summed E-state index contributed by atoms with van der Waals surface area (Å²) in [6.07, 6.45) is 2.76. The normalized spacial score (nSPS) is 13.2. The fraction of sp³-hybridized carbons (Fsp3) is 0.333. The van der Waals surface area contributed by atoms with Gasteiger partial charge in [-0.05, 0) is 44.9 Å². The van der Waals surface area contributed by atoms with Gasteiger partial charge < -0.3 is 15.1 Å². The van der Waals surface area contributed by atoms with E-state index in [1.54, 1.807) is 13.0 Å². The summed E-state index contributed by atoms with van der Waals surface area (Å²) in [6.45, 7) is 7.63. The first kappa shape index (κ1) is 16.8. The predicted molar refractivity (Wildman–Crippen MR) is 88.1 cm³/mol. The Balaban J connectivity index is 1.97. The van der Waals surface area contributed by atoms with Crippen LogP contribution < -0.4 is 10.6 Å². The van der Waals surface area contributed by atoms with Crippen molar-refractivity contribution in [3.05, 3.63) is 59.0 Å². The molecule has 0 bridgehead atoms. The predicted octanol–water partition coefficient (Wildman–Crippen LogP) is 2.89. The molecule has 2 amide bonds. The van der Waals surface area contributed by atoms with Gasteiger partial charge in [-0.2, -0.15) is 0 Å². The Kier molecular flexibility index (Phi) is 5.21. The molecule has 5 heteroatoms. The average molecular weight is 314 g/mol. The lowest BCUT2D eigenvalue weighted by Crippen LogP contribution is -2.45. The molecule has 0 aliphatic rings. The molecule has 2 N–H and O–H groups in total. The molecule has 0 unspecified atom stereocenters. The van der Waals surface area contributed by atoms with E-state index in [0.29, 0.717) is 5.56 Å². The van der Waals surface area contributed by atoms with Crippen LogP contribution in [0.25, 0.3) is 0 Å². The third kappa shape index (κ3) is 4.22. The monoisotopic (exact) mass is 314 g/mol. The number of nitrogens with one attached hydrogen (secondary N) is 2. The van der Waals surface area contributed by atoms with Gasteiger partial charge in [-0.25, -0.2) is 0 Å². The maximum Gasteiger partial charge on any atom is 0.255 e. The van der Waals surface area contributed by atoms with Gasteiger partial charge >= 0.3 is 0 Å². The fourth-order valence-corrected chi connectivity index (χ4v) is 2.38. The van der Waals surface area contributed by atoms with E-state index in [1.165, 1.54) is 12.5 Å². The summed E-state index contributed by atoms with van der Waals surface area (Å²) < 4.78 is 4.86. The summed E-state index contributed by atoms with van der Waals surface area (Å²) in [7, 11) is 0. The van der Waals surface area contributed by atoms with E-state index in [0.717, 1.165) is 16.7 Å². The lowest BCUT2D eigenvalue weighted by molar-refractivity contribution is -0.123. The summed E-state index contributed by atoms with van der Waals surface area (Å²) in [6, 6.07) is 6.94. The number of aryl methyl sites for hydroxylation is 2. The van der Waals surface area contributed by atoms with Crippen LogP contribution in [0.4, 0.5) is 0 Å². The molecule has 0 aliphatic heterocycles. The molecule has 2 aromatic rings. The Bertz CT molecular complexity index is 692. The summed E-state index contributed by atoms with van der Waals surface area (Å²) in [5, 5.41) is 5.59. The van der Waals surface area contributed by atoms with E-state index in [1.807, 2.05) is 32.9 Å². The fourth-order valence-electron chi connectivity index (χ4n) is 2.38. The van der Waals surface area contributed by atoms with Crippen molar-refractivity contribution in [1.82, 2.24) is 10.6 Å². The zero-order valence-corrected chi connectivity index (χ0v) is 13.8. The van der Waals surface area contributed by atoms with Crippen molar-refractivity contribution in [2.75, 3.05) is 0 Å². The minimum absolute atomic E-state index is 0.129. The van der Waals surface area contributed by atoms with E-state index < -0.39 is 6.04 Å². The number of hydrogen-bond acceptors (Lipinski definition) is 3. The highest BCUT2D eigenvalue weighted by molar-refractivity contribution is 5.97. The zero-order chi connectivity index (χ0) is 17.0. The number of hydrogen-bond donors (Lipinski definition) is 2. The molecule has 5 nitrogen and oxygen atoms in total. The first-order valence-corrected chi connectivity index (χ1v) is 7.59. The van der Waals surface area contributed by atoms with Crippen LogP contribution in [-0.2, 0) is 4.79 Å². The minimum Gasteiger partial charge on any atom is -0.472 e. The van der Waals surface area contributed by atoms with Crippen molar-refractivity contribution in [2.45, 2.75) is 39.8 Å². The minimum atomic E-state index is -0.634. The molecule has 2 atom stereocenters. The van der Waals surface area contributed by atoms with Crippen molar-refractivity contribution in [1.29, 1.82) is 0 Å². The van der Waals surface area contributed by atoms with Crippen molar-refractivity contribution in [2.24, 2.45) is 0 Å². The van der Waals surface area contributed by atoms with Crippen LogP contribution in [-0.4, -0.2) is 17.9 Å². The van der Waals surface area contributed by atoms with Gasteiger partial charge in [-0.15, -0.1) is 0 Å². The highest BCUT2D eigenvalue weighted by Gasteiger charge is 2.20. The molecule has 1 heterocycles. The molecule has 0 aliphatic carbocycles. The standard InChI is InChI=1S/C18H22N2O3/c1-11-5-6-12(2)16(9-11)13(3)19-17(21)14(4)20-18(22)15-7-8-23-10-15/h5-10,13-14H,1-4H3,(H,19,21)(H,20,22)/t13-,14+/m0/s1. The van der Waals surface area contributed by atoms with Crippen LogP contribution >= 0.6 is 0 Å². The number of carbonyl (C=O) groups excluding carboxylic acids is 2. The van der Waals surface area contributed by atoms with Crippen molar-refractivity contribution in [3.63, 3.8) is 0 Å². The maximum atomic E-state index is 12.3. The summed E-state index contributed by atoms with van der Waals surface area (Å²) in [4.78, 5) is 24.2. The molecule has 23 heavy (non-hydrogen) atoms. The molecule has 1 aromatic heterocycles. The van der Waals surface area contributed by atoms with Gasteiger partial charge in [0.15, 0.2) is 0 Å². The molecule has 0 radical (unpaired) electrons. The molecular weight excluding hydrogens is 292 g/mol. The van der Waals surface area contributed by atoms with E-state index in [-0.39, 0.29) is 17.9 Å². The molecule has 0 fully saturated rings. The lowest BCUT2D eigenvalue weighted by Gasteiger charge is -2.20. The highest BCUT2D eigenvalue weighted by Crippen LogP contribution is 2.18. The largest absolute Gasteiger partial charge is 0.472 e.